The van der Waals surface area contributed by atoms with E-state index in [-0.39, 0.29) is 22.7 Å². The lowest BCUT2D eigenvalue weighted by Crippen LogP contribution is -2.20. The fraction of sp³-hybridized carbons (Fsp3) is 0.478. The van der Waals surface area contributed by atoms with E-state index in [9.17, 15) is 23.3 Å². The Morgan fingerprint density at radius 1 is 1.40 bits per heavy atom. The number of aryl methyl sites for hydroxylation is 1. The van der Waals surface area contributed by atoms with Crippen LogP contribution in [-0.2, 0) is 37.0 Å². The largest absolute Gasteiger partial charge is 0.452 e. The van der Waals surface area contributed by atoms with Crippen LogP contribution in [0.4, 0.5) is 5.00 Å². The van der Waals surface area contributed by atoms with Crippen LogP contribution in [0.25, 0.3) is 6.08 Å². The molecule has 1 aliphatic carbocycles. The Labute approximate surface area is 212 Å². The van der Waals surface area contributed by atoms with E-state index in [1.54, 1.807) is 6.92 Å². The van der Waals surface area contributed by atoms with Crippen LogP contribution in [0.3, 0.4) is 0 Å². The monoisotopic (exact) mass is 536 g/mol. The number of ether oxygens (including phenoxy) is 1. The third-order valence-electron chi connectivity index (χ3n) is 6.23. The summed E-state index contributed by atoms with van der Waals surface area (Å²) in [4.78, 5) is 25.6. The lowest BCUT2D eigenvalue weighted by atomic mass is 9.89. The number of carbonyl (C=O) groups is 2. The predicted octanol–water partition coefficient (Wildman–Crippen LogP) is 3.46. The number of hydrogen-bond donors (Lipinski definition) is 1. The number of anilines is 1. The molecule has 1 saturated heterocycles. The highest BCUT2D eigenvalue weighted by molar-refractivity contribution is 7.91. The van der Waals surface area contributed by atoms with Crippen molar-refractivity contribution >= 4 is 55.7 Å². The van der Waals surface area contributed by atoms with Gasteiger partial charge in [-0.15, -0.1) is 11.3 Å². The third kappa shape index (κ3) is 5.60. The number of nitrogens with zero attached hydrogens (tertiary/aromatic N) is 3. The van der Waals surface area contributed by atoms with Crippen molar-refractivity contribution in [3.8, 4) is 6.07 Å². The van der Waals surface area contributed by atoms with Crippen LogP contribution in [0.5, 0.6) is 0 Å². The fourth-order valence-electron chi connectivity index (χ4n) is 4.39. The van der Waals surface area contributed by atoms with Crippen molar-refractivity contribution < 1.29 is 22.7 Å². The summed E-state index contributed by atoms with van der Waals surface area (Å²) in [6, 6.07) is 1.85. The van der Waals surface area contributed by atoms with Crippen LogP contribution in [-0.4, -0.2) is 48.2 Å². The number of aromatic nitrogens is 2. The van der Waals surface area contributed by atoms with E-state index in [1.807, 2.05) is 0 Å². The van der Waals surface area contributed by atoms with Gasteiger partial charge in [0.05, 0.1) is 28.8 Å². The van der Waals surface area contributed by atoms with Gasteiger partial charge in [0.1, 0.15) is 16.2 Å². The number of nitriles is 1. The van der Waals surface area contributed by atoms with Crippen molar-refractivity contribution in [2.45, 2.75) is 45.6 Å². The summed E-state index contributed by atoms with van der Waals surface area (Å²) in [6.45, 7) is 3.37. The molecular formula is C23H25ClN4O5S2. The maximum Gasteiger partial charge on any atom is 0.331 e. The molecule has 0 unspecified atom stereocenters. The van der Waals surface area contributed by atoms with E-state index < -0.39 is 28.3 Å². The molecule has 2 atom stereocenters. The van der Waals surface area contributed by atoms with Crippen molar-refractivity contribution in [2.24, 2.45) is 5.92 Å². The average Bonchev–Trinajstić information content (AvgIpc) is 3.42. The summed E-state index contributed by atoms with van der Waals surface area (Å²) in [6.07, 6.45) is 5.74. The van der Waals surface area contributed by atoms with E-state index >= 15 is 0 Å². The summed E-state index contributed by atoms with van der Waals surface area (Å²) >= 11 is 7.80. The topological polar surface area (TPSA) is 131 Å². The molecule has 0 spiro atoms. The average molecular weight is 537 g/mol. The Kier molecular flexibility index (Phi) is 7.35. The molecule has 1 N–H and O–H groups in total. The van der Waals surface area contributed by atoms with Crippen LogP contribution in [0.2, 0.25) is 5.15 Å². The molecule has 4 rings (SSSR count). The molecule has 186 valence electrons. The summed E-state index contributed by atoms with van der Waals surface area (Å²) in [5.74, 6) is -0.658. The quantitative estimate of drug-likeness (QED) is 0.441. The van der Waals surface area contributed by atoms with E-state index in [1.165, 1.54) is 22.1 Å². The van der Waals surface area contributed by atoms with E-state index in [4.69, 9.17) is 16.3 Å². The van der Waals surface area contributed by atoms with Crippen LogP contribution in [0.1, 0.15) is 53.1 Å². The number of hydrogen-bond acceptors (Lipinski definition) is 8. The second kappa shape index (κ2) is 10.1. The normalized spacial score (nSPS) is 21.0. The highest BCUT2D eigenvalue weighted by atomic mass is 35.5. The standard InChI is InChI=1S/C23H25ClN4O5S2/c1-13-3-4-17-18(10-25)23(34-19(17)9-13)26-20(29)11-33-21(30)6-5-16-14(2)27-28(22(16)24)15-7-8-35(31,32)12-15/h5-6,13,15H,3-4,7-9,11-12H2,1-2H3,(H,26,29)/b6-5+/t13-,15-/m0/s1. The van der Waals surface area contributed by atoms with Crippen LogP contribution >= 0.6 is 22.9 Å². The summed E-state index contributed by atoms with van der Waals surface area (Å²) in [5, 5.41) is 17.3. The molecule has 1 amide bonds. The minimum atomic E-state index is -3.10. The molecule has 3 heterocycles. The van der Waals surface area contributed by atoms with Crippen LogP contribution < -0.4 is 5.32 Å². The minimum absolute atomic E-state index is 0.0199. The van der Waals surface area contributed by atoms with Crippen molar-refractivity contribution in [1.29, 1.82) is 5.26 Å². The Bertz CT molecular complexity index is 1350. The molecule has 0 bridgehead atoms. The van der Waals surface area contributed by atoms with Crippen LogP contribution in [0, 0.1) is 24.2 Å². The lowest BCUT2D eigenvalue weighted by Gasteiger charge is -2.17. The number of sulfone groups is 1. The van der Waals surface area contributed by atoms with Gasteiger partial charge < -0.3 is 10.1 Å². The predicted molar refractivity (Wildman–Crippen MR) is 133 cm³/mol. The Morgan fingerprint density at radius 2 is 2.17 bits per heavy atom. The van der Waals surface area contributed by atoms with E-state index in [0.717, 1.165) is 35.8 Å². The minimum Gasteiger partial charge on any atom is -0.452 e. The SMILES string of the molecule is Cc1nn([C@H]2CCS(=O)(=O)C2)c(Cl)c1/C=C/C(=O)OCC(=O)Nc1sc2c(c1C#N)CC[C@H](C)C2. The highest BCUT2D eigenvalue weighted by Crippen LogP contribution is 2.39. The molecule has 0 aromatic carbocycles. The van der Waals surface area contributed by atoms with Gasteiger partial charge in [-0.2, -0.15) is 10.4 Å². The lowest BCUT2D eigenvalue weighted by molar-refractivity contribution is -0.142. The number of nitrogens with one attached hydrogen (secondary N) is 1. The zero-order valence-corrected chi connectivity index (χ0v) is 21.7. The molecule has 1 fully saturated rings. The van der Waals surface area contributed by atoms with Crippen molar-refractivity contribution in [3.05, 3.63) is 38.5 Å². The van der Waals surface area contributed by atoms with Gasteiger partial charge >= 0.3 is 5.97 Å². The van der Waals surface area contributed by atoms with E-state index in [2.05, 4.69) is 23.4 Å². The first-order valence-electron chi connectivity index (χ1n) is 11.2. The Morgan fingerprint density at radius 3 is 2.86 bits per heavy atom. The second-order valence-electron chi connectivity index (χ2n) is 8.95. The first-order chi connectivity index (χ1) is 16.6. The molecule has 0 saturated carbocycles. The molecule has 2 aromatic rings. The summed E-state index contributed by atoms with van der Waals surface area (Å²) in [7, 11) is -3.10. The van der Waals surface area contributed by atoms with Gasteiger partial charge in [-0.25, -0.2) is 17.9 Å². The highest BCUT2D eigenvalue weighted by Gasteiger charge is 2.32. The van der Waals surface area contributed by atoms with E-state index in [0.29, 0.717) is 34.2 Å². The molecular weight excluding hydrogens is 512 g/mol. The number of amides is 1. The number of halogens is 1. The number of thiophene rings is 1. The maximum atomic E-state index is 12.3. The van der Waals surface area contributed by atoms with Gasteiger partial charge in [0.25, 0.3) is 5.91 Å². The van der Waals surface area contributed by atoms with Gasteiger partial charge in [0, 0.05) is 16.5 Å². The summed E-state index contributed by atoms with van der Waals surface area (Å²) in [5.41, 5.74) is 2.53. The molecule has 12 heteroatoms. The molecule has 1 aliphatic heterocycles. The number of rotatable bonds is 6. The molecule has 35 heavy (non-hydrogen) atoms. The van der Waals surface area contributed by atoms with Gasteiger partial charge in [-0.3, -0.25) is 4.79 Å². The molecule has 9 nitrogen and oxygen atoms in total. The fourth-order valence-corrected chi connectivity index (χ4v) is 7.83. The summed E-state index contributed by atoms with van der Waals surface area (Å²) < 4.78 is 30.1. The van der Waals surface area contributed by atoms with Gasteiger partial charge in [-0.1, -0.05) is 18.5 Å². The number of carbonyl (C=O) groups excluding carboxylic acids is 2. The zero-order chi connectivity index (χ0) is 25.3. The number of fused-ring (bicyclic) bond motifs is 1. The third-order valence-corrected chi connectivity index (χ3v) is 9.53. The Hall–Kier alpha value is -2.68. The number of esters is 1. The zero-order valence-electron chi connectivity index (χ0n) is 19.3. The first-order valence-corrected chi connectivity index (χ1v) is 14.2. The maximum absolute atomic E-state index is 12.3. The molecule has 0 radical (unpaired) electrons. The Balaban J connectivity index is 1.35. The second-order valence-corrected chi connectivity index (χ2v) is 12.6. The van der Waals surface area contributed by atoms with Crippen LogP contribution in [0.15, 0.2) is 6.08 Å². The van der Waals surface area contributed by atoms with Crippen molar-refractivity contribution in [3.63, 3.8) is 0 Å². The first kappa shape index (κ1) is 25.4. The van der Waals surface area contributed by atoms with Gasteiger partial charge in [-0.05, 0) is 50.2 Å². The van der Waals surface area contributed by atoms with Gasteiger partial charge in [0.2, 0.25) is 0 Å². The molecule has 2 aromatic heterocycles. The van der Waals surface area contributed by atoms with Crippen molar-refractivity contribution in [2.75, 3.05) is 23.4 Å². The molecule has 2 aliphatic rings. The van der Waals surface area contributed by atoms with Crippen molar-refractivity contribution in [1.82, 2.24) is 9.78 Å². The smallest absolute Gasteiger partial charge is 0.331 e. The van der Waals surface area contributed by atoms with Gasteiger partial charge in [0.15, 0.2) is 16.4 Å².